The lowest BCUT2D eigenvalue weighted by molar-refractivity contribution is 0.952. The highest BCUT2D eigenvalue weighted by molar-refractivity contribution is 5.93. The van der Waals surface area contributed by atoms with Crippen LogP contribution in [0.1, 0.15) is 17.0 Å². The SMILES string of the molecule is C=C[C@H](c1ccccc1)c1c(-c2ccccc2)n(C)c2ccccc12. The van der Waals surface area contributed by atoms with Crippen molar-refractivity contribution >= 4 is 10.9 Å². The molecule has 0 spiro atoms. The zero-order valence-corrected chi connectivity index (χ0v) is 14.4. The Labute approximate surface area is 148 Å². The molecule has 25 heavy (non-hydrogen) atoms. The number of hydrogen-bond acceptors (Lipinski definition) is 0. The minimum atomic E-state index is 0.155. The summed E-state index contributed by atoms with van der Waals surface area (Å²) in [4.78, 5) is 0. The summed E-state index contributed by atoms with van der Waals surface area (Å²) in [6.07, 6.45) is 2.06. The summed E-state index contributed by atoms with van der Waals surface area (Å²) in [7, 11) is 2.15. The third-order valence-corrected chi connectivity index (χ3v) is 4.90. The van der Waals surface area contributed by atoms with Gasteiger partial charge < -0.3 is 4.57 Å². The number of benzene rings is 3. The van der Waals surface area contributed by atoms with Crippen molar-refractivity contribution in [1.29, 1.82) is 0 Å². The van der Waals surface area contributed by atoms with E-state index in [1.54, 1.807) is 0 Å². The maximum atomic E-state index is 4.16. The lowest BCUT2D eigenvalue weighted by Gasteiger charge is -2.16. The van der Waals surface area contributed by atoms with Crippen LogP contribution in [-0.4, -0.2) is 4.57 Å². The second-order valence-electron chi connectivity index (χ2n) is 6.33. The molecule has 4 rings (SSSR count). The number of nitrogens with zero attached hydrogens (tertiary/aromatic N) is 1. The maximum absolute atomic E-state index is 4.16. The first-order valence-electron chi connectivity index (χ1n) is 8.61. The van der Waals surface area contributed by atoms with E-state index >= 15 is 0 Å². The van der Waals surface area contributed by atoms with Crippen molar-refractivity contribution in [2.75, 3.05) is 0 Å². The van der Waals surface area contributed by atoms with Crippen molar-refractivity contribution < 1.29 is 0 Å². The number of allylic oxidation sites excluding steroid dienone is 1. The number of para-hydroxylation sites is 1. The largest absolute Gasteiger partial charge is 0.343 e. The van der Waals surface area contributed by atoms with Crippen molar-refractivity contribution in [2.45, 2.75) is 5.92 Å². The van der Waals surface area contributed by atoms with Gasteiger partial charge in [-0.1, -0.05) is 84.9 Å². The molecule has 0 aliphatic rings. The predicted molar refractivity (Wildman–Crippen MR) is 107 cm³/mol. The van der Waals surface area contributed by atoms with Gasteiger partial charge in [-0.05, 0) is 22.8 Å². The summed E-state index contributed by atoms with van der Waals surface area (Å²) in [6.45, 7) is 4.16. The van der Waals surface area contributed by atoms with E-state index in [4.69, 9.17) is 0 Å². The molecule has 122 valence electrons. The van der Waals surface area contributed by atoms with Crippen LogP contribution in [0.4, 0.5) is 0 Å². The van der Waals surface area contributed by atoms with Gasteiger partial charge in [-0.15, -0.1) is 6.58 Å². The van der Waals surface area contributed by atoms with Gasteiger partial charge in [-0.25, -0.2) is 0 Å². The molecule has 0 aliphatic heterocycles. The van der Waals surface area contributed by atoms with Crippen LogP contribution in [0.5, 0.6) is 0 Å². The highest BCUT2D eigenvalue weighted by atomic mass is 15.0. The summed E-state index contributed by atoms with van der Waals surface area (Å²) < 4.78 is 2.30. The Kier molecular flexibility index (Phi) is 3.99. The van der Waals surface area contributed by atoms with Crippen LogP contribution in [0.25, 0.3) is 22.2 Å². The van der Waals surface area contributed by atoms with Gasteiger partial charge in [0.15, 0.2) is 0 Å². The number of rotatable bonds is 4. The van der Waals surface area contributed by atoms with E-state index in [0.717, 1.165) is 0 Å². The molecule has 0 bridgehead atoms. The second kappa shape index (κ2) is 6.45. The summed E-state index contributed by atoms with van der Waals surface area (Å²) in [6, 6.07) is 29.9. The van der Waals surface area contributed by atoms with Gasteiger partial charge in [-0.3, -0.25) is 0 Å². The molecule has 0 fully saturated rings. The molecule has 1 atom stereocenters. The number of aromatic nitrogens is 1. The molecule has 0 unspecified atom stereocenters. The number of hydrogen-bond donors (Lipinski definition) is 0. The van der Waals surface area contributed by atoms with E-state index in [0.29, 0.717) is 0 Å². The fourth-order valence-electron chi connectivity index (χ4n) is 3.76. The Bertz CT molecular complexity index is 1010. The maximum Gasteiger partial charge on any atom is 0.0530 e. The summed E-state index contributed by atoms with van der Waals surface area (Å²) in [5.74, 6) is 0.155. The molecule has 1 heterocycles. The highest BCUT2D eigenvalue weighted by Crippen LogP contribution is 2.40. The van der Waals surface area contributed by atoms with Gasteiger partial charge in [0.05, 0.1) is 5.69 Å². The molecular formula is C24H21N. The zero-order chi connectivity index (χ0) is 17.2. The van der Waals surface area contributed by atoms with E-state index in [1.807, 2.05) is 0 Å². The predicted octanol–water partition coefficient (Wildman–Crippen LogP) is 6.16. The van der Waals surface area contributed by atoms with E-state index in [2.05, 4.69) is 109 Å². The van der Waals surface area contributed by atoms with E-state index < -0.39 is 0 Å². The Balaban J connectivity index is 2.07. The standard InChI is InChI=1S/C24H21N/c1-3-20(18-12-6-4-7-13-18)23-21-16-10-11-17-22(21)25(2)24(23)19-14-8-5-9-15-19/h3-17,20H,1H2,2H3/t20-/m1/s1. The highest BCUT2D eigenvalue weighted by Gasteiger charge is 2.22. The lowest BCUT2D eigenvalue weighted by Crippen LogP contribution is -2.01. The normalized spacial score (nSPS) is 12.2. The first-order chi connectivity index (χ1) is 12.3. The molecule has 1 heteroatoms. The summed E-state index contributed by atoms with van der Waals surface area (Å²) >= 11 is 0. The van der Waals surface area contributed by atoms with Gasteiger partial charge in [-0.2, -0.15) is 0 Å². The molecule has 4 aromatic rings. The third kappa shape index (κ3) is 2.58. The molecule has 0 N–H and O–H groups in total. The Hall–Kier alpha value is -3.06. The topological polar surface area (TPSA) is 4.93 Å². The van der Waals surface area contributed by atoms with Gasteiger partial charge in [0.25, 0.3) is 0 Å². The number of aryl methyl sites for hydroxylation is 1. The average Bonchev–Trinajstić information content (AvgIpc) is 2.97. The van der Waals surface area contributed by atoms with Gasteiger partial charge >= 0.3 is 0 Å². The quantitative estimate of drug-likeness (QED) is 0.396. The van der Waals surface area contributed by atoms with Crippen molar-refractivity contribution in [3.05, 3.63) is 109 Å². The fourth-order valence-corrected chi connectivity index (χ4v) is 3.76. The second-order valence-corrected chi connectivity index (χ2v) is 6.33. The van der Waals surface area contributed by atoms with Crippen LogP contribution in [-0.2, 0) is 7.05 Å². The van der Waals surface area contributed by atoms with Gasteiger partial charge in [0.1, 0.15) is 0 Å². The molecule has 1 nitrogen and oxygen atoms in total. The van der Waals surface area contributed by atoms with Crippen LogP contribution >= 0.6 is 0 Å². The third-order valence-electron chi connectivity index (χ3n) is 4.90. The van der Waals surface area contributed by atoms with E-state index in [-0.39, 0.29) is 5.92 Å². The average molecular weight is 323 g/mol. The Morgan fingerprint density at radius 2 is 1.40 bits per heavy atom. The molecule has 3 aromatic carbocycles. The first-order valence-corrected chi connectivity index (χ1v) is 8.61. The van der Waals surface area contributed by atoms with Crippen molar-refractivity contribution in [1.82, 2.24) is 4.57 Å². The van der Waals surface area contributed by atoms with Gasteiger partial charge in [0.2, 0.25) is 0 Å². The van der Waals surface area contributed by atoms with Crippen molar-refractivity contribution in [3.8, 4) is 11.3 Å². The van der Waals surface area contributed by atoms with Gasteiger partial charge in [0, 0.05) is 23.9 Å². The zero-order valence-electron chi connectivity index (χ0n) is 14.4. The molecule has 0 radical (unpaired) electrons. The number of fused-ring (bicyclic) bond motifs is 1. The van der Waals surface area contributed by atoms with E-state index in [9.17, 15) is 0 Å². The van der Waals surface area contributed by atoms with Crippen LogP contribution in [0.2, 0.25) is 0 Å². The molecular weight excluding hydrogens is 302 g/mol. The molecule has 0 amide bonds. The monoisotopic (exact) mass is 323 g/mol. The van der Waals surface area contributed by atoms with Crippen LogP contribution < -0.4 is 0 Å². The first kappa shape index (κ1) is 15.5. The smallest absolute Gasteiger partial charge is 0.0530 e. The van der Waals surface area contributed by atoms with Crippen molar-refractivity contribution in [2.24, 2.45) is 7.05 Å². The minimum Gasteiger partial charge on any atom is -0.343 e. The fraction of sp³-hybridized carbons (Fsp3) is 0.0833. The summed E-state index contributed by atoms with van der Waals surface area (Å²) in [5, 5.41) is 1.29. The molecule has 0 saturated carbocycles. The van der Waals surface area contributed by atoms with Crippen LogP contribution in [0.15, 0.2) is 97.6 Å². The Morgan fingerprint density at radius 3 is 2.08 bits per heavy atom. The molecule has 1 aromatic heterocycles. The Morgan fingerprint density at radius 1 is 0.800 bits per heavy atom. The van der Waals surface area contributed by atoms with Crippen LogP contribution in [0, 0.1) is 0 Å². The molecule has 0 saturated heterocycles. The van der Waals surface area contributed by atoms with Crippen molar-refractivity contribution in [3.63, 3.8) is 0 Å². The lowest BCUT2D eigenvalue weighted by atomic mass is 9.87. The molecule has 0 aliphatic carbocycles. The van der Waals surface area contributed by atoms with Crippen LogP contribution in [0.3, 0.4) is 0 Å². The van der Waals surface area contributed by atoms with E-state index in [1.165, 1.54) is 33.3 Å². The summed E-state index contributed by atoms with van der Waals surface area (Å²) in [5.41, 5.74) is 6.34. The minimum absolute atomic E-state index is 0.155.